The highest BCUT2D eigenvalue weighted by Gasteiger charge is 2.21. The summed E-state index contributed by atoms with van der Waals surface area (Å²) in [7, 11) is 3.87. The van der Waals surface area contributed by atoms with Crippen molar-refractivity contribution in [1.82, 2.24) is 4.90 Å². The largest absolute Gasteiger partial charge is 0.508 e. The van der Waals surface area contributed by atoms with Gasteiger partial charge in [-0.15, -0.1) is 0 Å². The first-order valence-electron chi connectivity index (χ1n) is 7.17. The van der Waals surface area contributed by atoms with E-state index in [2.05, 4.69) is 0 Å². The van der Waals surface area contributed by atoms with Crippen LogP contribution in [0.2, 0.25) is 0 Å². The summed E-state index contributed by atoms with van der Waals surface area (Å²) in [5.74, 6) is 0.212. The third-order valence-corrected chi connectivity index (χ3v) is 3.74. The van der Waals surface area contributed by atoms with Crippen molar-refractivity contribution in [3.8, 4) is 5.75 Å². The number of aliphatic hydroxyl groups is 1. The van der Waals surface area contributed by atoms with Crippen LogP contribution in [0.15, 0.2) is 53.1 Å². The smallest absolute Gasteiger partial charge is 0.134 e. The fourth-order valence-corrected chi connectivity index (χ4v) is 2.71. The number of aliphatic hydroxyl groups excluding tert-OH is 1. The van der Waals surface area contributed by atoms with E-state index < -0.39 is 6.10 Å². The van der Waals surface area contributed by atoms with Crippen LogP contribution in [-0.2, 0) is 6.54 Å². The molecule has 4 heteroatoms. The minimum absolute atomic E-state index is 0.212. The highest BCUT2D eigenvalue weighted by molar-refractivity contribution is 5.87. The van der Waals surface area contributed by atoms with Gasteiger partial charge in [-0.1, -0.05) is 30.3 Å². The van der Waals surface area contributed by atoms with Crippen LogP contribution in [0, 0.1) is 0 Å². The number of hydrogen-bond donors (Lipinski definition) is 2. The van der Waals surface area contributed by atoms with Crippen LogP contribution in [0.25, 0.3) is 11.0 Å². The number of benzene rings is 2. The maximum atomic E-state index is 10.7. The molecule has 0 unspecified atom stereocenters. The first-order valence-corrected chi connectivity index (χ1v) is 7.17. The van der Waals surface area contributed by atoms with E-state index >= 15 is 0 Å². The summed E-state index contributed by atoms with van der Waals surface area (Å²) in [5.41, 5.74) is 2.90. The van der Waals surface area contributed by atoms with Gasteiger partial charge in [0, 0.05) is 23.1 Å². The molecule has 1 atom stereocenters. The van der Waals surface area contributed by atoms with Gasteiger partial charge in [0.25, 0.3) is 0 Å². The number of fused-ring (bicyclic) bond motifs is 1. The van der Waals surface area contributed by atoms with Gasteiger partial charge in [-0.25, -0.2) is 0 Å². The number of phenols is 1. The normalized spacial score (nSPS) is 12.9. The lowest BCUT2D eigenvalue weighted by Crippen LogP contribution is -2.11. The second-order valence-corrected chi connectivity index (χ2v) is 5.68. The highest BCUT2D eigenvalue weighted by Crippen LogP contribution is 2.36. The van der Waals surface area contributed by atoms with Gasteiger partial charge in [0.1, 0.15) is 17.4 Å². The van der Waals surface area contributed by atoms with Crippen molar-refractivity contribution in [2.24, 2.45) is 0 Å². The van der Waals surface area contributed by atoms with E-state index in [-0.39, 0.29) is 5.75 Å². The quantitative estimate of drug-likeness (QED) is 0.776. The van der Waals surface area contributed by atoms with E-state index in [1.165, 1.54) is 0 Å². The molecule has 0 fully saturated rings. The molecule has 0 spiro atoms. The van der Waals surface area contributed by atoms with Crippen LogP contribution in [-0.4, -0.2) is 29.2 Å². The molecule has 1 aromatic heterocycles. The molecular formula is C18H19NO3. The molecule has 2 aromatic carbocycles. The molecule has 0 aliphatic rings. The third kappa shape index (κ3) is 2.58. The summed E-state index contributed by atoms with van der Waals surface area (Å²) in [6.45, 7) is 0.567. The van der Waals surface area contributed by atoms with E-state index in [0.29, 0.717) is 17.7 Å². The predicted octanol–water partition coefficient (Wildman–Crippen LogP) is 3.28. The summed E-state index contributed by atoms with van der Waals surface area (Å²) in [6, 6.07) is 12.8. The Bertz CT molecular complexity index is 778. The van der Waals surface area contributed by atoms with E-state index in [0.717, 1.165) is 16.5 Å². The van der Waals surface area contributed by atoms with E-state index in [1.807, 2.05) is 49.3 Å². The van der Waals surface area contributed by atoms with Gasteiger partial charge in [0.05, 0.1) is 6.26 Å². The molecule has 0 aliphatic heterocycles. The van der Waals surface area contributed by atoms with Crippen molar-refractivity contribution in [3.63, 3.8) is 0 Å². The van der Waals surface area contributed by atoms with Gasteiger partial charge < -0.3 is 19.5 Å². The van der Waals surface area contributed by atoms with Crippen molar-refractivity contribution < 1.29 is 14.6 Å². The summed E-state index contributed by atoms with van der Waals surface area (Å²) in [5, 5.41) is 21.7. The van der Waals surface area contributed by atoms with E-state index in [9.17, 15) is 10.2 Å². The Kier molecular flexibility index (Phi) is 3.88. The van der Waals surface area contributed by atoms with Gasteiger partial charge in [-0.3, -0.25) is 0 Å². The summed E-state index contributed by atoms with van der Waals surface area (Å²) < 4.78 is 5.58. The average Bonchev–Trinajstić information content (AvgIpc) is 2.94. The van der Waals surface area contributed by atoms with Crippen LogP contribution in [0.1, 0.15) is 22.8 Å². The second kappa shape index (κ2) is 5.83. The predicted molar refractivity (Wildman–Crippen MR) is 85.8 cm³/mol. The Morgan fingerprint density at radius 1 is 1.09 bits per heavy atom. The summed E-state index contributed by atoms with van der Waals surface area (Å²) >= 11 is 0. The molecule has 0 aliphatic carbocycles. The number of furan rings is 1. The van der Waals surface area contributed by atoms with Crippen LogP contribution < -0.4 is 0 Å². The SMILES string of the molecule is CN(C)Cc1c(O)ccc2occ([C@H](O)c3ccccc3)c12. The fraction of sp³-hybridized carbons (Fsp3) is 0.222. The van der Waals surface area contributed by atoms with Gasteiger partial charge in [0.2, 0.25) is 0 Å². The van der Waals surface area contributed by atoms with Crippen molar-refractivity contribution in [3.05, 3.63) is 65.4 Å². The van der Waals surface area contributed by atoms with Crippen LogP contribution in [0.3, 0.4) is 0 Å². The number of rotatable bonds is 4. The van der Waals surface area contributed by atoms with Gasteiger partial charge >= 0.3 is 0 Å². The molecule has 0 bridgehead atoms. The number of hydrogen-bond acceptors (Lipinski definition) is 4. The van der Waals surface area contributed by atoms with Crippen LogP contribution in [0.4, 0.5) is 0 Å². The number of phenolic OH excluding ortho intramolecular Hbond substituents is 1. The highest BCUT2D eigenvalue weighted by atomic mass is 16.3. The van der Waals surface area contributed by atoms with Crippen molar-refractivity contribution in [2.45, 2.75) is 12.6 Å². The second-order valence-electron chi connectivity index (χ2n) is 5.68. The van der Waals surface area contributed by atoms with Gasteiger partial charge in [0.15, 0.2) is 0 Å². The summed E-state index contributed by atoms with van der Waals surface area (Å²) in [6.07, 6.45) is 0.783. The first-order chi connectivity index (χ1) is 10.6. The molecule has 0 saturated carbocycles. The van der Waals surface area contributed by atoms with Crippen molar-refractivity contribution in [1.29, 1.82) is 0 Å². The Morgan fingerprint density at radius 3 is 2.50 bits per heavy atom. The molecule has 2 N–H and O–H groups in total. The maximum Gasteiger partial charge on any atom is 0.134 e. The Labute approximate surface area is 129 Å². The minimum Gasteiger partial charge on any atom is -0.508 e. The molecule has 22 heavy (non-hydrogen) atoms. The zero-order valence-corrected chi connectivity index (χ0v) is 12.7. The van der Waals surface area contributed by atoms with Crippen LogP contribution in [0.5, 0.6) is 5.75 Å². The fourth-order valence-electron chi connectivity index (χ4n) is 2.71. The Morgan fingerprint density at radius 2 is 1.82 bits per heavy atom. The molecule has 0 saturated heterocycles. The molecular weight excluding hydrogens is 278 g/mol. The molecule has 0 amide bonds. The average molecular weight is 297 g/mol. The van der Waals surface area contributed by atoms with Crippen LogP contribution >= 0.6 is 0 Å². The third-order valence-electron chi connectivity index (χ3n) is 3.74. The Hall–Kier alpha value is -2.30. The lowest BCUT2D eigenvalue weighted by molar-refractivity contribution is 0.220. The lowest BCUT2D eigenvalue weighted by Gasteiger charge is -2.15. The Balaban J connectivity index is 2.16. The molecule has 3 aromatic rings. The monoisotopic (exact) mass is 297 g/mol. The topological polar surface area (TPSA) is 56.8 Å². The number of aromatic hydroxyl groups is 1. The molecule has 1 heterocycles. The summed E-state index contributed by atoms with van der Waals surface area (Å²) in [4.78, 5) is 1.97. The van der Waals surface area contributed by atoms with Gasteiger partial charge in [-0.2, -0.15) is 0 Å². The number of nitrogens with zero attached hydrogens (tertiary/aromatic N) is 1. The molecule has 114 valence electrons. The first kappa shape index (κ1) is 14.6. The standard InChI is InChI=1S/C18H19NO3/c1-19(2)10-13-15(20)8-9-16-17(13)14(11-22-16)18(21)12-6-4-3-5-7-12/h3-9,11,18,20-21H,10H2,1-2H3/t18-/m1/s1. The zero-order valence-electron chi connectivity index (χ0n) is 12.7. The lowest BCUT2D eigenvalue weighted by atomic mass is 9.97. The van der Waals surface area contributed by atoms with E-state index in [1.54, 1.807) is 18.4 Å². The van der Waals surface area contributed by atoms with Crippen molar-refractivity contribution in [2.75, 3.05) is 14.1 Å². The molecule has 4 nitrogen and oxygen atoms in total. The van der Waals surface area contributed by atoms with Gasteiger partial charge in [-0.05, 0) is 31.8 Å². The molecule has 0 radical (unpaired) electrons. The van der Waals surface area contributed by atoms with Crippen molar-refractivity contribution >= 4 is 11.0 Å². The maximum absolute atomic E-state index is 10.7. The minimum atomic E-state index is -0.787. The molecule has 3 rings (SSSR count). The van der Waals surface area contributed by atoms with E-state index in [4.69, 9.17) is 4.42 Å². The zero-order chi connectivity index (χ0) is 15.7.